The Bertz CT molecular complexity index is 2800. The summed E-state index contributed by atoms with van der Waals surface area (Å²) in [5.41, 5.74) is 1.93. The molecule has 450 valence electrons. The molecule has 10 atom stereocenters. The number of hydrogen-bond donors (Lipinski definition) is 3. The molecule has 17 nitrogen and oxygen atoms in total. The summed E-state index contributed by atoms with van der Waals surface area (Å²) >= 11 is 1.17. The standard InChI is InChI=1S/C64H92N6O11S/c1-39-22-25-63(8)44(35-39)15-17-46-48-19-18-47(64(48,9)26-23-49(46)63)40(2)14-21-54(72)67-51(60(76)77)13-11-12-27-66-53(71)24-31-79-33-34-80-32-30-70(61(78)81-45-16-20-50-52(36-45)82-55(38-65)68-50)29-28-69(10)56(73)37-62(6,7)57-43(5)58(74)41(3)42(4)59(57)75/h16,20,36,39-40,44,46-49,51H,11-15,17-19,21-35,37H2,1-10H3,(H,66,71)(H,67,72)(H,76,77)/t39-,40-,44-,46+,47-,48+,49+,51?,63+,64-/m1/s1. The highest BCUT2D eigenvalue weighted by molar-refractivity contribution is 7.19. The largest absolute Gasteiger partial charge is 0.480 e. The molecule has 5 aliphatic carbocycles. The van der Waals surface area contributed by atoms with Crippen LogP contribution >= 0.6 is 11.3 Å². The number of rotatable bonds is 27. The van der Waals surface area contributed by atoms with Crippen LogP contribution in [0.3, 0.4) is 0 Å². The van der Waals surface area contributed by atoms with Crippen LogP contribution in [0.25, 0.3) is 10.2 Å². The number of carbonyl (C=O) groups excluding carboxylic acids is 6. The van der Waals surface area contributed by atoms with Crippen molar-refractivity contribution < 1.29 is 52.9 Å². The Balaban J connectivity index is 0.773. The molecule has 5 aliphatic rings. The second-order valence-corrected chi connectivity index (χ2v) is 27.0. The van der Waals surface area contributed by atoms with E-state index in [1.165, 1.54) is 78.9 Å². The minimum absolute atomic E-state index is 0.0486. The van der Waals surface area contributed by atoms with Crippen LogP contribution in [-0.2, 0) is 38.2 Å². The first kappa shape index (κ1) is 64.1. The number of aromatic nitrogens is 1. The fraction of sp³-hybridized carbons (Fsp3) is 0.703. The summed E-state index contributed by atoms with van der Waals surface area (Å²) in [5, 5.41) is 25.2. The summed E-state index contributed by atoms with van der Waals surface area (Å²) in [6, 6.07) is 5.93. The van der Waals surface area contributed by atoms with Crippen molar-refractivity contribution in [2.24, 2.45) is 57.7 Å². The molecule has 0 aliphatic heterocycles. The van der Waals surface area contributed by atoms with Crippen LogP contribution in [0.1, 0.15) is 170 Å². The number of carbonyl (C=O) groups is 7. The van der Waals surface area contributed by atoms with Crippen LogP contribution in [0.5, 0.6) is 5.75 Å². The van der Waals surface area contributed by atoms with Crippen molar-refractivity contribution in [1.82, 2.24) is 25.4 Å². The molecule has 4 saturated carbocycles. The minimum atomic E-state index is -1.05. The number of thiazole rings is 1. The maximum atomic E-state index is 13.6. The van der Waals surface area contributed by atoms with Gasteiger partial charge in [0.25, 0.3) is 0 Å². The van der Waals surface area contributed by atoms with Gasteiger partial charge in [-0.15, -0.1) is 11.3 Å². The number of Topliss-reactive ketones (excluding diaryl/α,β-unsaturated/α-hetero) is 2. The predicted octanol–water partition coefficient (Wildman–Crippen LogP) is 10.6. The number of ether oxygens (including phenoxy) is 3. The number of likely N-dealkylation sites (N-methyl/N-ethyl adjacent to an activating group) is 1. The Labute approximate surface area is 490 Å². The van der Waals surface area contributed by atoms with E-state index in [1.807, 2.05) is 6.07 Å². The molecule has 3 N–H and O–H groups in total. The molecule has 0 spiro atoms. The smallest absolute Gasteiger partial charge is 0.415 e. The molecule has 82 heavy (non-hydrogen) atoms. The van der Waals surface area contributed by atoms with E-state index in [0.717, 1.165) is 36.0 Å². The summed E-state index contributed by atoms with van der Waals surface area (Å²) in [4.78, 5) is 98.6. The van der Waals surface area contributed by atoms with Gasteiger partial charge < -0.3 is 39.8 Å². The first-order valence-corrected chi connectivity index (χ1v) is 31.1. The third-order valence-corrected chi connectivity index (χ3v) is 21.2. The Morgan fingerprint density at radius 2 is 1.56 bits per heavy atom. The van der Waals surface area contributed by atoms with Crippen LogP contribution in [0.2, 0.25) is 0 Å². The maximum absolute atomic E-state index is 13.6. The van der Waals surface area contributed by atoms with Crippen molar-refractivity contribution in [2.45, 2.75) is 171 Å². The first-order valence-electron chi connectivity index (χ1n) is 30.3. The predicted molar refractivity (Wildman–Crippen MR) is 315 cm³/mol. The van der Waals surface area contributed by atoms with Gasteiger partial charge in [-0.1, -0.05) is 48.0 Å². The topological polar surface area (TPSA) is 235 Å². The van der Waals surface area contributed by atoms with Crippen LogP contribution in [-0.4, -0.2) is 127 Å². The molecule has 2 aromatic rings. The lowest BCUT2D eigenvalue weighted by atomic mass is 9.44. The van der Waals surface area contributed by atoms with Crippen LogP contribution in [0.15, 0.2) is 40.5 Å². The van der Waals surface area contributed by atoms with E-state index in [-0.39, 0.29) is 105 Å². The van der Waals surface area contributed by atoms with Gasteiger partial charge in [0.1, 0.15) is 17.9 Å². The molecular formula is C64H92N6O11S. The lowest BCUT2D eigenvalue weighted by Gasteiger charge is -2.61. The van der Waals surface area contributed by atoms with Crippen molar-refractivity contribution in [3.8, 4) is 11.8 Å². The average Bonchev–Trinajstić information content (AvgIpc) is 1.80. The van der Waals surface area contributed by atoms with Crippen molar-refractivity contribution >= 4 is 62.9 Å². The zero-order valence-corrected chi connectivity index (χ0v) is 51.4. The number of nitrogens with one attached hydrogen (secondary N) is 2. The van der Waals surface area contributed by atoms with Gasteiger partial charge >= 0.3 is 12.1 Å². The normalized spacial score (nSPS) is 26.1. The molecule has 4 fully saturated rings. The highest BCUT2D eigenvalue weighted by Gasteiger charge is 2.60. The van der Waals surface area contributed by atoms with Crippen molar-refractivity contribution in [3.63, 3.8) is 0 Å². The molecule has 1 aromatic heterocycles. The van der Waals surface area contributed by atoms with E-state index in [2.05, 4.69) is 43.3 Å². The number of nitrogens with zero attached hydrogens (tertiary/aromatic N) is 4. The summed E-state index contributed by atoms with van der Waals surface area (Å²) in [5.74, 6) is 3.26. The zero-order chi connectivity index (χ0) is 59.7. The van der Waals surface area contributed by atoms with Gasteiger partial charge in [0.15, 0.2) is 16.6 Å². The summed E-state index contributed by atoms with van der Waals surface area (Å²) in [7, 11) is 1.61. The number of carboxylic acid groups (broad SMARTS) is 1. The van der Waals surface area contributed by atoms with Gasteiger partial charge in [0, 0.05) is 86.3 Å². The number of hydrogen-bond acceptors (Lipinski definition) is 13. The fourth-order valence-electron chi connectivity index (χ4n) is 15.4. The number of unbranched alkanes of at least 4 members (excludes halogenated alkanes) is 1. The van der Waals surface area contributed by atoms with Crippen LogP contribution in [0.4, 0.5) is 4.79 Å². The van der Waals surface area contributed by atoms with Crippen LogP contribution < -0.4 is 15.4 Å². The van der Waals surface area contributed by atoms with E-state index in [9.17, 15) is 43.9 Å². The number of ketones is 2. The van der Waals surface area contributed by atoms with Gasteiger partial charge in [0.2, 0.25) is 17.7 Å². The Hall–Kier alpha value is -5.51. The lowest BCUT2D eigenvalue weighted by Crippen LogP contribution is -2.53. The van der Waals surface area contributed by atoms with E-state index >= 15 is 0 Å². The van der Waals surface area contributed by atoms with E-state index in [4.69, 9.17) is 14.2 Å². The van der Waals surface area contributed by atoms with E-state index in [0.29, 0.717) is 81.0 Å². The van der Waals surface area contributed by atoms with Gasteiger partial charge in [-0.3, -0.25) is 24.0 Å². The van der Waals surface area contributed by atoms with Gasteiger partial charge in [0.05, 0.1) is 36.6 Å². The number of benzene rings is 1. The molecule has 1 heterocycles. The van der Waals surface area contributed by atoms with Crippen LogP contribution in [0, 0.1) is 69.0 Å². The Kier molecular flexibility index (Phi) is 21.8. The van der Waals surface area contributed by atoms with Crippen molar-refractivity contribution in [1.29, 1.82) is 5.26 Å². The van der Waals surface area contributed by atoms with Gasteiger partial charge in [-0.05, 0) is 162 Å². The average molecular weight is 1150 g/mol. The van der Waals surface area contributed by atoms with Crippen molar-refractivity contribution in [2.75, 3.05) is 59.7 Å². The first-order chi connectivity index (χ1) is 38.9. The molecule has 0 radical (unpaired) electrons. The lowest BCUT2D eigenvalue weighted by molar-refractivity contribution is -0.142. The number of allylic oxidation sites excluding steroid dienone is 4. The number of nitriles is 1. The summed E-state index contributed by atoms with van der Waals surface area (Å²) in [6.07, 6.45) is 14.0. The fourth-order valence-corrected chi connectivity index (χ4v) is 16.2. The molecule has 7 rings (SSSR count). The zero-order valence-electron chi connectivity index (χ0n) is 50.5. The Morgan fingerprint density at radius 3 is 2.29 bits per heavy atom. The molecule has 1 aromatic carbocycles. The maximum Gasteiger partial charge on any atom is 0.415 e. The highest BCUT2D eigenvalue weighted by Crippen LogP contribution is 2.68. The quantitative estimate of drug-likeness (QED) is 0.0558. The molecule has 0 saturated heterocycles. The third-order valence-electron chi connectivity index (χ3n) is 20.2. The summed E-state index contributed by atoms with van der Waals surface area (Å²) in [6.45, 7) is 19.7. The summed E-state index contributed by atoms with van der Waals surface area (Å²) < 4.78 is 17.9. The highest BCUT2D eigenvalue weighted by atomic mass is 32.1. The number of aliphatic carboxylic acids is 1. The molecule has 1 unspecified atom stereocenters. The third kappa shape index (κ3) is 15.1. The number of fused-ring (bicyclic) bond motifs is 6. The van der Waals surface area contributed by atoms with Gasteiger partial charge in [-0.2, -0.15) is 5.26 Å². The van der Waals surface area contributed by atoms with E-state index < -0.39 is 23.5 Å². The molecule has 18 heteroatoms. The molecule has 4 amide bonds. The Morgan fingerprint density at radius 1 is 0.854 bits per heavy atom. The SMILES string of the molecule is CC1=C(C)C(=O)C(C(C)(C)CC(=O)N(C)CCN(CCOCCOCCC(=O)NCCCCC(NC(=O)CC[C@@H](C)[C@H]2CC[C@H]3[C@@H]4CC[C@@H]5C[C@H](C)CC[C@]5(C)[C@H]4CC[C@]23C)C(=O)O)C(=O)Oc2ccc3nc(C#N)sc3c2)=C(C)C1=O. The van der Waals surface area contributed by atoms with Gasteiger partial charge in [-0.25, -0.2) is 14.6 Å². The number of amides is 4. The second-order valence-electron chi connectivity index (χ2n) is 26.0. The van der Waals surface area contributed by atoms with Crippen molar-refractivity contribution in [3.05, 3.63) is 45.5 Å². The second kappa shape index (κ2) is 27.9. The molecular weight excluding hydrogens is 1060 g/mol. The monoisotopic (exact) mass is 1150 g/mol. The van der Waals surface area contributed by atoms with E-state index in [1.54, 1.807) is 59.9 Å². The number of carboxylic acids is 1. The molecule has 0 bridgehead atoms. The minimum Gasteiger partial charge on any atom is -0.480 e.